The summed E-state index contributed by atoms with van der Waals surface area (Å²) in [4.78, 5) is 0. The molecule has 0 saturated carbocycles. The molecule has 1 aliphatic rings. The lowest BCUT2D eigenvalue weighted by Crippen LogP contribution is -2.17. The second-order valence-corrected chi connectivity index (χ2v) is 5.26. The number of aryl methyl sites for hydroxylation is 1. The summed E-state index contributed by atoms with van der Waals surface area (Å²) in [6.45, 7) is 3.23. The average Bonchev–Trinajstić information content (AvgIpc) is 2.55. The van der Waals surface area contributed by atoms with Crippen LogP contribution in [0.4, 0.5) is 0 Å². The Labute approximate surface area is 125 Å². The number of ether oxygens (including phenoxy) is 2. The third-order valence-corrected chi connectivity index (χ3v) is 3.82. The Morgan fingerprint density at radius 2 is 1.71 bits per heavy atom. The van der Waals surface area contributed by atoms with E-state index in [1.807, 2.05) is 18.2 Å². The van der Waals surface area contributed by atoms with Gasteiger partial charge in [-0.3, -0.25) is 0 Å². The normalized spacial score (nSPS) is 14.8. The van der Waals surface area contributed by atoms with Crippen LogP contribution in [-0.2, 0) is 12.8 Å². The first-order valence-corrected chi connectivity index (χ1v) is 7.42. The van der Waals surface area contributed by atoms with Gasteiger partial charge in [0.25, 0.3) is 0 Å². The van der Waals surface area contributed by atoms with Gasteiger partial charge >= 0.3 is 0 Å². The van der Waals surface area contributed by atoms with Gasteiger partial charge in [0.2, 0.25) is 0 Å². The molecule has 3 nitrogen and oxygen atoms in total. The molecular weight excluding hydrogens is 264 g/mol. The second-order valence-electron chi connectivity index (χ2n) is 5.26. The fraction of sp³-hybridized carbons (Fsp3) is 0.333. The van der Waals surface area contributed by atoms with Crippen LogP contribution in [0.1, 0.15) is 29.7 Å². The summed E-state index contributed by atoms with van der Waals surface area (Å²) in [5.74, 6) is 1.40. The summed E-state index contributed by atoms with van der Waals surface area (Å²) in [5.41, 5.74) is 3.22. The highest BCUT2D eigenvalue weighted by atomic mass is 16.6. The molecule has 3 rings (SSSR count). The van der Waals surface area contributed by atoms with Gasteiger partial charge in [0, 0.05) is 12.0 Å². The maximum Gasteiger partial charge on any atom is 0.167 e. The van der Waals surface area contributed by atoms with Crippen LogP contribution in [-0.4, -0.2) is 18.3 Å². The van der Waals surface area contributed by atoms with E-state index in [4.69, 9.17) is 9.47 Å². The molecule has 3 heteroatoms. The molecular formula is C18H20O3. The lowest BCUT2D eigenvalue weighted by Gasteiger charge is -2.23. The molecule has 0 amide bonds. The minimum atomic E-state index is -0.589. The number of hydrogen-bond acceptors (Lipinski definition) is 3. The highest BCUT2D eigenvalue weighted by Crippen LogP contribution is 2.37. The fourth-order valence-corrected chi connectivity index (χ4v) is 2.60. The number of aliphatic hydroxyl groups is 1. The van der Waals surface area contributed by atoms with Crippen molar-refractivity contribution in [2.75, 3.05) is 13.2 Å². The van der Waals surface area contributed by atoms with Gasteiger partial charge in [-0.15, -0.1) is 0 Å². The molecule has 0 saturated heterocycles. The maximum atomic E-state index is 10.5. The van der Waals surface area contributed by atoms with Gasteiger partial charge in [-0.2, -0.15) is 0 Å². The van der Waals surface area contributed by atoms with Crippen LogP contribution < -0.4 is 9.47 Å². The number of para-hydroxylation sites is 1. The molecule has 1 N–H and O–H groups in total. The highest BCUT2D eigenvalue weighted by Gasteiger charge is 2.20. The summed E-state index contributed by atoms with van der Waals surface area (Å²) < 4.78 is 11.2. The Kier molecular flexibility index (Phi) is 4.11. The molecule has 2 aromatic carbocycles. The van der Waals surface area contributed by atoms with Crippen LogP contribution >= 0.6 is 0 Å². The van der Waals surface area contributed by atoms with Gasteiger partial charge in [-0.1, -0.05) is 43.3 Å². The van der Waals surface area contributed by atoms with Crippen molar-refractivity contribution in [2.45, 2.75) is 25.9 Å². The summed E-state index contributed by atoms with van der Waals surface area (Å²) in [6, 6.07) is 14.1. The van der Waals surface area contributed by atoms with E-state index in [1.165, 1.54) is 5.56 Å². The predicted molar refractivity (Wildman–Crippen MR) is 81.9 cm³/mol. The number of aliphatic hydroxyl groups excluding tert-OH is 1. The van der Waals surface area contributed by atoms with E-state index in [0.717, 1.165) is 23.3 Å². The molecule has 1 atom stereocenters. The molecule has 21 heavy (non-hydrogen) atoms. The monoisotopic (exact) mass is 284 g/mol. The van der Waals surface area contributed by atoms with Crippen LogP contribution in [0.25, 0.3) is 0 Å². The molecule has 0 radical (unpaired) electrons. The van der Waals surface area contributed by atoms with E-state index in [2.05, 4.69) is 31.2 Å². The first kappa shape index (κ1) is 14.0. The zero-order valence-corrected chi connectivity index (χ0v) is 12.2. The van der Waals surface area contributed by atoms with E-state index < -0.39 is 6.10 Å². The molecule has 1 heterocycles. The van der Waals surface area contributed by atoms with Crippen molar-refractivity contribution in [3.8, 4) is 11.5 Å². The van der Waals surface area contributed by atoms with Gasteiger partial charge in [0.15, 0.2) is 11.5 Å². The Morgan fingerprint density at radius 3 is 2.48 bits per heavy atom. The zero-order chi connectivity index (χ0) is 14.7. The number of fused-ring (bicyclic) bond motifs is 1. The highest BCUT2D eigenvalue weighted by molar-refractivity contribution is 5.48. The topological polar surface area (TPSA) is 38.7 Å². The van der Waals surface area contributed by atoms with Crippen molar-refractivity contribution in [2.24, 2.45) is 0 Å². The Bertz CT molecular complexity index is 604. The standard InChI is InChI=1S/C18H20O3/c1-2-13-6-8-14(9-7-13)12-16(19)15-4-3-5-17-18(15)21-11-10-20-17/h3-9,16,19H,2,10-12H2,1H3. The molecule has 110 valence electrons. The van der Waals surface area contributed by atoms with Gasteiger partial charge in [-0.25, -0.2) is 0 Å². The number of hydrogen-bond donors (Lipinski definition) is 1. The summed E-state index contributed by atoms with van der Waals surface area (Å²) >= 11 is 0. The van der Waals surface area contributed by atoms with Crippen LogP contribution in [0.5, 0.6) is 11.5 Å². The summed E-state index contributed by atoms with van der Waals surface area (Å²) in [7, 11) is 0. The van der Waals surface area contributed by atoms with Gasteiger partial charge in [-0.05, 0) is 23.6 Å². The fourth-order valence-electron chi connectivity index (χ4n) is 2.60. The summed E-state index contributed by atoms with van der Waals surface area (Å²) in [6.07, 6.45) is 1.01. The van der Waals surface area contributed by atoms with E-state index in [-0.39, 0.29) is 0 Å². The van der Waals surface area contributed by atoms with Crippen LogP contribution in [0.2, 0.25) is 0 Å². The maximum absolute atomic E-state index is 10.5. The molecule has 0 aliphatic carbocycles. The largest absolute Gasteiger partial charge is 0.486 e. The van der Waals surface area contributed by atoms with E-state index >= 15 is 0 Å². The van der Waals surface area contributed by atoms with Crippen LogP contribution in [0.15, 0.2) is 42.5 Å². The van der Waals surface area contributed by atoms with Crippen LogP contribution in [0.3, 0.4) is 0 Å². The summed E-state index contributed by atoms with van der Waals surface area (Å²) in [5, 5.41) is 10.5. The zero-order valence-electron chi connectivity index (χ0n) is 12.2. The van der Waals surface area contributed by atoms with E-state index in [9.17, 15) is 5.11 Å². The number of benzene rings is 2. The third-order valence-electron chi connectivity index (χ3n) is 3.82. The van der Waals surface area contributed by atoms with Gasteiger partial charge in [0.05, 0.1) is 6.10 Å². The molecule has 1 aliphatic heterocycles. The third kappa shape index (κ3) is 3.03. The SMILES string of the molecule is CCc1ccc(CC(O)c2cccc3c2OCCO3)cc1. The average molecular weight is 284 g/mol. The van der Waals surface area contributed by atoms with E-state index in [1.54, 1.807) is 0 Å². The quantitative estimate of drug-likeness (QED) is 0.936. The molecule has 2 aromatic rings. The van der Waals surface area contributed by atoms with Crippen molar-refractivity contribution in [3.05, 3.63) is 59.2 Å². The lowest BCUT2D eigenvalue weighted by atomic mass is 9.99. The van der Waals surface area contributed by atoms with Crippen molar-refractivity contribution >= 4 is 0 Å². The molecule has 0 spiro atoms. The van der Waals surface area contributed by atoms with Crippen molar-refractivity contribution < 1.29 is 14.6 Å². The second kappa shape index (κ2) is 6.19. The first-order chi connectivity index (χ1) is 10.3. The molecule has 0 bridgehead atoms. The lowest BCUT2D eigenvalue weighted by molar-refractivity contribution is 0.146. The molecule has 0 fully saturated rings. The first-order valence-electron chi connectivity index (χ1n) is 7.42. The van der Waals surface area contributed by atoms with Gasteiger partial charge in [0.1, 0.15) is 13.2 Å². The van der Waals surface area contributed by atoms with Crippen molar-refractivity contribution in [3.63, 3.8) is 0 Å². The Hall–Kier alpha value is -2.00. The number of rotatable bonds is 4. The molecule has 1 unspecified atom stereocenters. The minimum absolute atomic E-state index is 0.530. The Balaban J connectivity index is 1.80. The molecule has 0 aromatic heterocycles. The van der Waals surface area contributed by atoms with Crippen molar-refractivity contribution in [1.82, 2.24) is 0 Å². The van der Waals surface area contributed by atoms with E-state index in [0.29, 0.717) is 25.4 Å². The van der Waals surface area contributed by atoms with Gasteiger partial charge < -0.3 is 14.6 Å². The minimum Gasteiger partial charge on any atom is -0.486 e. The Morgan fingerprint density at radius 1 is 1.00 bits per heavy atom. The van der Waals surface area contributed by atoms with Crippen molar-refractivity contribution in [1.29, 1.82) is 0 Å². The predicted octanol–water partition coefficient (Wildman–Crippen LogP) is 3.30. The van der Waals surface area contributed by atoms with Crippen LogP contribution in [0, 0.1) is 0 Å². The smallest absolute Gasteiger partial charge is 0.167 e.